The smallest absolute Gasteiger partial charge is 0.338 e. The third kappa shape index (κ3) is 4.85. The van der Waals surface area contributed by atoms with Crippen LogP contribution in [0.3, 0.4) is 0 Å². The number of fused-ring (bicyclic) bond motifs is 1. The standard InChI is InChI=1S/C25H21BrCl2N2O5S/c1-5-35-24(32)21-12(2)29-25-30(22(21)15-10-18(33-3)19(34-4)11-16(15)26)23(31)20(36-25)8-13-6-7-14(27)9-17(13)28/h6-11,22H,5H2,1-4H3/b20-8-/t22-/m0/s1. The third-order valence-electron chi connectivity index (χ3n) is 5.56. The van der Waals surface area contributed by atoms with Crippen LogP contribution in [0.1, 0.15) is 31.0 Å². The van der Waals surface area contributed by atoms with Crippen LogP contribution in [0.25, 0.3) is 6.08 Å². The SMILES string of the molecule is CCOC(=O)C1=C(C)N=c2s/c(=C\c3ccc(Cl)cc3Cl)c(=O)n2[C@H]1c1cc(OC)c(OC)cc1Br. The Balaban J connectivity index is 2.02. The van der Waals surface area contributed by atoms with E-state index in [0.717, 1.165) is 0 Å². The van der Waals surface area contributed by atoms with Gasteiger partial charge in [-0.15, -0.1) is 0 Å². The van der Waals surface area contributed by atoms with Gasteiger partial charge in [-0.2, -0.15) is 0 Å². The molecule has 1 aliphatic heterocycles. The van der Waals surface area contributed by atoms with Gasteiger partial charge in [0.15, 0.2) is 16.3 Å². The van der Waals surface area contributed by atoms with Gasteiger partial charge >= 0.3 is 5.97 Å². The van der Waals surface area contributed by atoms with Gasteiger partial charge in [0.2, 0.25) is 0 Å². The number of thiazole rings is 1. The molecule has 1 aliphatic rings. The summed E-state index contributed by atoms with van der Waals surface area (Å²) < 4.78 is 18.8. The van der Waals surface area contributed by atoms with E-state index in [9.17, 15) is 9.59 Å². The van der Waals surface area contributed by atoms with E-state index in [4.69, 9.17) is 37.4 Å². The first-order valence-corrected chi connectivity index (χ1v) is 13.1. The van der Waals surface area contributed by atoms with Crippen molar-refractivity contribution in [3.05, 3.63) is 86.9 Å². The van der Waals surface area contributed by atoms with Crippen molar-refractivity contribution in [2.45, 2.75) is 19.9 Å². The van der Waals surface area contributed by atoms with Crippen LogP contribution in [0.15, 0.2) is 55.9 Å². The van der Waals surface area contributed by atoms with Crippen molar-refractivity contribution in [2.75, 3.05) is 20.8 Å². The quantitative estimate of drug-likeness (QED) is 0.371. The van der Waals surface area contributed by atoms with E-state index in [1.165, 1.54) is 30.1 Å². The van der Waals surface area contributed by atoms with Gasteiger partial charge in [-0.05, 0) is 55.3 Å². The zero-order valence-corrected chi connectivity index (χ0v) is 23.6. The molecule has 11 heteroatoms. The molecule has 0 amide bonds. The fraction of sp³-hybridized carbons (Fsp3) is 0.240. The van der Waals surface area contributed by atoms with E-state index in [2.05, 4.69) is 20.9 Å². The largest absolute Gasteiger partial charge is 0.493 e. The van der Waals surface area contributed by atoms with Gasteiger partial charge in [0.25, 0.3) is 5.56 Å². The first kappa shape index (κ1) is 26.5. The minimum Gasteiger partial charge on any atom is -0.493 e. The highest BCUT2D eigenvalue weighted by atomic mass is 79.9. The molecule has 1 aromatic heterocycles. The molecule has 0 N–H and O–H groups in total. The highest BCUT2D eigenvalue weighted by Crippen LogP contribution is 2.40. The van der Waals surface area contributed by atoms with Gasteiger partial charge in [0.1, 0.15) is 0 Å². The number of carbonyl (C=O) groups is 1. The number of aromatic nitrogens is 1. The molecule has 1 atom stereocenters. The normalized spacial score (nSPS) is 15.4. The van der Waals surface area contributed by atoms with Gasteiger partial charge in [-0.3, -0.25) is 9.36 Å². The molecule has 3 aromatic rings. The molecule has 188 valence electrons. The van der Waals surface area contributed by atoms with Crippen LogP contribution in [0.4, 0.5) is 0 Å². The van der Waals surface area contributed by atoms with Crippen LogP contribution < -0.4 is 24.4 Å². The second-order valence-electron chi connectivity index (χ2n) is 7.70. The van der Waals surface area contributed by atoms with Crippen LogP contribution in [0, 0.1) is 0 Å². The molecule has 7 nitrogen and oxygen atoms in total. The van der Waals surface area contributed by atoms with Gasteiger partial charge in [0, 0.05) is 14.5 Å². The summed E-state index contributed by atoms with van der Waals surface area (Å²) in [5, 5.41) is 0.905. The first-order chi connectivity index (χ1) is 17.2. The van der Waals surface area contributed by atoms with Gasteiger partial charge in [-0.25, -0.2) is 9.79 Å². The summed E-state index contributed by atoms with van der Waals surface area (Å²) in [5.41, 5.74) is 1.63. The molecule has 36 heavy (non-hydrogen) atoms. The zero-order valence-electron chi connectivity index (χ0n) is 19.7. The van der Waals surface area contributed by atoms with Crippen molar-refractivity contribution in [1.29, 1.82) is 0 Å². The number of hydrogen-bond donors (Lipinski definition) is 0. The van der Waals surface area contributed by atoms with E-state index in [1.807, 2.05) is 0 Å². The average Bonchev–Trinajstić information content (AvgIpc) is 3.14. The maximum absolute atomic E-state index is 13.8. The van der Waals surface area contributed by atoms with E-state index in [0.29, 0.717) is 52.2 Å². The molecule has 0 saturated heterocycles. The molecule has 0 fully saturated rings. The second-order valence-corrected chi connectivity index (χ2v) is 10.4. The van der Waals surface area contributed by atoms with E-state index < -0.39 is 12.0 Å². The Morgan fingerprint density at radius 1 is 1.19 bits per heavy atom. The molecule has 4 rings (SSSR count). The number of allylic oxidation sites excluding steroid dienone is 1. The van der Waals surface area contributed by atoms with Crippen LogP contribution in [0.2, 0.25) is 10.0 Å². The summed E-state index contributed by atoms with van der Waals surface area (Å²) >= 11 is 17.1. The molecule has 2 aromatic carbocycles. The number of ether oxygens (including phenoxy) is 3. The fourth-order valence-corrected chi connectivity index (χ4v) is 5.96. The molecule has 0 unspecified atom stereocenters. The predicted molar refractivity (Wildman–Crippen MR) is 144 cm³/mol. The Morgan fingerprint density at radius 3 is 2.53 bits per heavy atom. The van der Waals surface area contributed by atoms with Gasteiger partial charge < -0.3 is 14.2 Å². The lowest BCUT2D eigenvalue weighted by Crippen LogP contribution is -2.40. The van der Waals surface area contributed by atoms with Crippen LogP contribution in [-0.4, -0.2) is 31.4 Å². The Hall–Kier alpha value is -2.59. The Kier molecular flexibility index (Phi) is 7.94. The summed E-state index contributed by atoms with van der Waals surface area (Å²) in [7, 11) is 3.05. The van der Waals surface area contributed by atoms with Crippen molar-refractivity contribution in [2.24, 2.45) is 4.99 Å². The summed E-state index contributed by atoms with van der Waals surface area (Å²) in [5.74, 6) is 0.389. The van der Waals surface area contributed by atoms with Crippen molar-refractivity contribution in [1.82, 2.24) is 4.57 Å². The minimum absolute atomic E-state index is 0.176. The lowest BCUT2D eigenvalue weighted by atomic mass is 9.95. The lowest BCUT2D eigenvalue weighted by molar-refractivity contribution is -0.139. The summed E-state index contributed by atoms with van der Waals surface area (Å²) in [6, 6.07) is 7.69. The Labute approximate surface area is 229 Å². The zero-order chi connectivity index (χ0) is 26.1. The van der Waals surface area contributed by atoms with Crippen molar-refractivity contribution >= 4 is 62.5 Å². The summed E-state index contributed by atoms with van der Waals surface area (Å²) in [6.07, 6.45) is 1.69. The monoisotopic (exact) mass is 610 g/mol. The van der Waals surface area contributed by atoms with Crippen LogP contribution in [-0.2, 0) is 9.53 Å². The topological polar surface area (TPSA) is 79.1 Å². The Morgan fingerprint density at radius 2 is 1.89 bits per heavy atom. The van der Waals surface area contributed by atoms with Crippen molar-refractivity contribution in [3.8, 4) is 11.5 Å². The number of rotatable bonds is 6. The number of carbonyl (C=O) groups excluding carboxylic acids is 1. The number of hydrogen-bond acceptors (Lipinski definition) is 7. The molecule has 0 saturated carbocycles. The minimum atomic E-state index is -0.822. The van der Waals surface area contributed by atoms with Gasteiger partial charge in [0.05, 0.1) is 42.7 Å². The van der Waals surface area contributed by atoms with E-state index in [-0.39, 0.29) is 17.7 Å². The van der Waals surface area contributed by atoms with Crippen LogP contribution in [0.5, 0.6) is 11.5 Å². The molecular weight excluding hydrogens is 591 g/mol. The maximum Gasteiger partial charge on any atom is 0.338 e. The molecule has 0 aliphatic carbocycles. The number of nitrogens with zero attached hydrogens (tertiary/aromatic N) is 2. The maximum atomic E-state index is 13.8. The highest BCUT2D eigenvalue weighted by Gasteiger charge is 2.35. The number of benzene rings is 2. The van der Waals surface area contributed by atoms with Crippen molar-refractivity contribution < 1.29 is 19.0 Å². The molecular formula is C25H21BrCl2N2O5S. The predicted octanol–water partition coefficient (Wildman–Crippen LogP) is 4.88. The third-order valence-corrected chi connectivity index (χ3v) is 7.80. The fourth-order valence-electron chi connectivity index (χ4n) is 3.93. The first-order valence-electron chi connectivity index (χ1n) is 10.8. The Bertz CT molecular complexity index is 1580. The molecule has 0 radical (unpaired) electrons. The summed E-state index contributed by atoms with van der Waals surface area (Å²) in [4.78, 5) is 31.9. The van der Waals surface area contributed by atoms with Crippen LogP contribution >= 0.6 is 50.5 Å². The van der Waals surface area contributed by atoms with Gasteiger partial charge in [-0.1, -0.05) is 56.5 Å². The summed E-state index contributed by atoms with van der Waals surface area (Å²) in [6.45, 7) is 3.62. The number of esters is 1. The molecule has 0 spiro atoms. The van der Waals surface area contributed by atoms with Crippen molar-refractivity contribution in [3.63, 3.8) is 0 Å². The number of halogens is 3. The molecule has 2 heterocycles. The number of methoxy groups -OCH3 is 2. The lowest BCUT2D eigenvalue weighted by Gasteiger charge is -2.26. The highest BCUT2D eigenvalue weighted by molar-refractivity contribution is 9.10. The van der Waals surface area contributed by atoms with E-state index in [1.54, 1.807) is 50.3 Å². The average molecular weight is 612 g/mol. The van der Waals surface area contributed by atoms with E-state index >= 15 is 0 Å². The molecule has 0 bridgehead atoms. The second kappa shape index (κ2) is 10.8.